The zero-order valence-corrected chi connectivity index (χ0v) is 13.1. The maximum atomic E-state index is 10.5. The summed E-state index contributed by atoms with van der Waals surface area (Å²) in [4.78, 5) is 0. The number of rotatable bonds is 3. The molecule has 4 heteroatoms. The molecule has 24 heavy (non-hydrogen) atoms. The van der Waals surface area contributed by atoms with Gasteiger partial charge in [-0.05, 0) is 49.2 Å². The molecule has 1 heterocycles. The van der Waals surface area contributed by atoms with E-state index in [2.05, 4.69) is 5.32 Å². The minimum absolute atomic E-state index is 0.121. The van der Waals surface area contributed by atoms with E-state index in [1.54, 1.807) is 0 Å². The first kappa shape index (κ1) is 14.5. The zero-order valence-electron chi connectivity index (χ0n) is 13.1. The highest BCUT2D eigenvalue weighted by molar-refractivity contribution is 5.62. The molecule has 0 saturated carbocycles. The number of benzene rings is 2. The average molecular weight is 318 g/mol. The maximum absolute atomic E-state index is 10.5. The van der Waals surface area contributed by atoms with E-state index in [0.717, 1.165) is 28.2 Å². The van der Waals surface area contributed by atoms with Gasteiger partial charge >= 0.3 is 0 Å². The second kappa shape index (κ2) is 5.81. The van der Waals surface area contributed by atoms with Crippen LogP contribution in [0.15, 0.2) is 66.7 Å². The summed E-state index contributed by atoms with van der Waals surface area (Å²) < 4.78 is 1.50. The molecular weight excluding hydrogens is 300 g/mol. The fourth-order valence-electron chi connectivity index (χ4n) is 3.10. The number of allylic oxidation sites excluding steroid dienone is 2. The molecule has 1 aliphatic rings. The predicted molar refractivity (Wildman–Crippen MR) is 95.4 cm³/mol. The Morgan fingerprint density at radius 3 is 1.83 bits per heavy atom. The van der Waals surface area contributed by atoms with Crippen molar-refractivity contribution in [2.75, 3.05) is 5.32 Å². The van der Waals surface area contributed by atoms with Crippen molar-refractivity contribution in [3.8, 4) is 17.4 Å². The topological polar surface area (TPSA) is 57.4 Å². The molecule has 0 aliphatic heterocycles. The number of nitrogens with one attached hydrogen (secondary N) is 1. The largest absolute Gasteiger partial charge is 0.494 e. The van der Waals surface area contributed by atoms with Gasteiger partial charge in [-0.15, -0.1) is 0 Å². The van der Waals surface area contributed by atoms with Gasteiger partial charge in [-0.25, -0.2) is 0 Å². The van der Waals surface area contributed by atoms with Crippen LogP contribution in [0.3, 0.4) is 0 Å². The van der Waals surface area contributed by atoms with Crippen LogP contribution < -0.4 is 5.32 Å². The third-order valence-corrected chi connectivity index (χ3v) is 4.33. The van der Waals surface area contributed by atoms with Crippen LogP contribution in [-0.4, -0.2) is 14.8 Å². The first-order chi connectivity index (χ1) is 11.7. The number of fused-ring (bicyclic) bond motifs is 1. The Morgan fingerprint density at radius 2 is 1.25 bits per heavy atom. The number of hydrogen-bond donors (Lipinski definition) is 3. The molecule has 0 atom stereocenters. The van der Waals surface area contributed by atoms with Gasteiger partial charge in [0.15, 0.2) is 0 Å². The molecule has 1 aromatic heterocycles. The van der Waals surface area contributed by atoms with Gasteiger partial charge in [0.05, 0.1) is 5.69 Å². The summed E-state index contributed by atoms with van der Waals surface area (Å²) in [6, 6.07) is 17.5. The third-order valence-electron chi connectivity index (χ3n) is 4.33. The molecule has 120 valence electrons. The van der Waals surface area contributed by atoms with Gasteiger partial charge in [0.2, 0.25) is 11.8 Å². The molecule has 0 saturated heterocycles. The molecule has 2 aromatic carbocycles. The minimum atomic E-state index is 0.121. The van der Waals surface area contributed by atoms with Crippen molar-refractivity contribution in [1.82, 2.24) is 4.57 Å². The van der Waals surface area contributed by atoms with Gasteiger partial charge in [0, 0.05) is 22.5 Å². The first-order valence-corrected chi connectivity index (χ1v) is 7.96. The van der Waals surface area contributed by atoms with Crippen molar-refractivity contribution >= 4 is 11.4 Å². The molecule has 3 aromatic rings. The lowest BCUT2D eigenvalue weighted by molar-refractivity contribution is 0.400. The van der Waals surface area contributed by atoms with Crippen molar-refractivity contribution in [1.29, 1.82) is 0 Å². The van der Waals surface area contributed by atoms with Crippen LogP contribution in [0.25, 0.3) is 5.69 Å². The summed E-state index contributed by atoms with van der Waals surface area (Å²) in [5.74, 6) is 0.242. The molecule has 3 N–H and O–H groups in total. The Kier molecular flexibility index (Phi) is 3.50. The predicted octanol–water partition coefficient (Wildman–Crippen LogP) is 4.29. The van der Waals surface area contributed by atoms with Crippen LogP contribution in [-0.2, 0) is 12.8 Å². The second-order valence-corrected chi connectivity index (χ2v) is 5.86. The molecule has 0 fully saturated rings. The summed E-state index contributed by atoms with van der Waals surface area (Å²) in [5, 5.41) is 24.3. The number of para-hydroxylation sites is 1. The van der Waals surface area contributed by atoms with Crippen molar-refractivity contribution in [2.45, 2.75) is 12.8 Å². The lowest BCUT2D eigenvalue weighted by Crippen LogP contribution is -1.95. The minimum Gasteiger partial charge on any atom is -0.494 e. The summed E-state index contributed by atoms with van der Waals surface area (Å²) in [6.45, 7) is 0. The first-order valence-electron chi connectivity index (χ1n) is 7.96. The van der Waals surface area contributed by atoms with Gasteiger partial charge < -0.3 is 15.5 Å². The summed E-state index contributed by atoms with van der Waals surface area (Å²) in [5.41, 5.74) is 4.31. The van der Waals surface area contributed by atoms with Crippen molar-refractivity contribution in [2.24, 2.45) is 0 Å². The van der Waals surface area contributed by atoms with Gasteiger partial charge in [-0.1, -0.05) is 30.4 Å². The van der Waals surface area contributed by atoms with E-state index in [0.29, 0.717) is 12.8 Å². The number of hydrogen-bond acceptors (Lipinski definition) is 3. The summed E-state index contributed by atoms with van der Waals surface area (Å²) in [6.07, 6.45) is 5.32. The Labute approximate surface area is 140 Å². The van der Waals surface area contributed by atoms with E-state index in [1.165, 1.54) is 4.57 Å². The zero-order chi connectivity index (χ0) is 16.5. The third kappa shape index (κ3) is 2.42. The molecule has 4 nitrogen and oxygen atoms in total. The molecule has 0 radical (unpaired) electrons. The standard InChI is InChI=1S/C20H18N2O2/c23-19-17-8-4-5-9-18(17)20(24)22(19)16-12-10-15(11-13-16)21-14-6-2-1-3-7-14/h1-7,10-13,21,23-24H,8-9H2. The fraction of sp³-hybridized carbons (Fsp3) is 0.100. The lowest BCUT2D eigenvalue weighted by Gasteiger charge is -2.10. The van der Waals surface area contributed by atoms with E-state index in [1.807, 2.05) is 66.7 Å². The van der Waals surface area contributed by atoms with Crippen molar-refractivity contribution in [3.05, 3.63) is 77.9 Å². The average Bonchev–Trinajstić information content (AvgIpc) is 2.88. The summed E-state index contributed by atoms with van der Waals surface area (Å²) >= 11 is 0. The normalized spacial score (nSPS) is 12.8. The van der Waals surface area contributed by atoms with E-state index in [9.17, 15) is 10.2 Å². The van der Waals surface area contributed by atoms with E-state index < -0.39 is 0 Å². The number of nitrogens with zero attached hydrogens (tertiary/aromatic N) is 1. The van der Waals surface area contributed by atoms with Crippen LogP contribution >= 0.6 is 0 Å². The molecule has 0 unspecified atom stereocenters. The van der Waals surface area contributed by atoms with Crippen molar-refractivity contribution in [3.63, 3.8) is 0 Å². The molecule has 0 amide bonds. The molecule has 0 bridgehead atoms. The monoisotopic (exact) mass is 318 g/mol. The van der Waals surface area contributed by atoms with Gasteiger partial charge in [0.1, 0.15) is 0 Å². The van der Waals surface area contributed by atoms with Crippen LogP contribution in [0.5, 0.6) is 11.8 Å². The highest BCUT2D eigenvalue weighted by atomic mass is 16.3. The smallest absolute Gasteiger partial charge is 0.202 e. The van der Waals surface area contributed by atoms with Gasteiger partial charge in [0.25, 0.3) is 0 Å². The van der Waals surface area contributed by atoms with Crippen molar-refractivity contribution < 1.29 is 10.2 Å². The molecular formula is C20H18N2O2. The van der Waals surface area contributed by atoms with Gasteiger partial charge in [-0.3, -0.25) is 4.57 Å². The van der Waals surface area contributed by atoms with Crippen LogP contribution in [0.2, 0.25) is 0 Å². The number of aromatic nitrogens is 1. The highest BCUT2D eigenvalue weighted by Gasteiger charge is 2.23. The Bertz CT molecular complexity index is 862. The molecule has 1 aliphatic carbocycles. The number of anilines is 2. The summed E-state index contributed by atoms with van der Waals surface area (Å²) in [7, 11) is 0. The SMILES string of the molecule is Oc1c2c(c(O)n1-c1ccc(Nc3ccccc3)cc1)CC=CC2. The quantitative estimate of drug-likeness (QED) is 0.632. The fourth-order valence-corrected chi connectivity index (χ4v) is 3.10. The highest BCUT2D eigenvalue weighted by Crippen LogP contribution is 2.39. The maximum Gasteiger partial charge on any atom is 0.202 e. The van der Waals surface area contributed by atoms with Crippen LogP contribution in [0.1, 0.15) is 11.1 Å². The van der Waals surface area contributed by atoms with Gasteiger partial charge in [-0.2, -0.15) is 0 Å². The van der Waals surface area contributed by atoms with E-state index in [4.69, 9.17) is 0 Å². The lowest BCUT2D eigenvalue weighted by atomic mass is 10.0. The van der Waals surface area contributed by atoms with Crippen LogP contribution in [0, 0.1) is 0 Å². The number of aromatic hydroxyl groups is 2. The Balaban J connectivity index is 1.65. The molecule has 4 rings (SSSR count). The Morgan fingerprint density at radius 1 is 0.708 bits per heavy atom. The van der Waals surface area contributed by atoms with Crippen LogP contribution in [0.4, 0.5) is 11.4 Å². The van der Waals surface area contributed by atoms with E-state index in [-0.39, 0.29) is 11.8 Å². The second-order valence-electron chi connectivity index (χ2n) is 5.86. The van der Waals surface area contributed by atoms with E-state index >= 15 is 0 Å². The Hall–Kier alpha value is -3.14. The molecule has 0 spiro atoms.